The highest BCUT2D eigenvalue weighted by molar-refractivity contribution is 7.99. The lowest BCUT2D eigenvalue weighted by molar-refractivity contribution is -0.155. The molecule has 2 heterocycles. The van der Waals surface area contributed by atoms with Crippen molar-refractivity contribution in [3.8, 4) is 0 Å². The van der Waals surface area contributed by atoms with Gasteiger partial charge in [0.25, 0.3) is 0 Å². The minimum absolute atomic E-state index is 0.125. The molecule has 1 amide bonds. The normalized spacial score (nSPS) is 29.2. The summed E-state index contributed by atoms with van der Waals surface area (Å²) >= 11 is 1.93. The Balaban J connectivity index is 1.63. The van der Waals surface area contributed by atoms with E-state index in [-0.39, 0.29) is 28.2 Å². The summed E-state index contributed by atoms with van der Waals surface area (Å²) in [4.78, 5) is 16.1. The van der Waals surface area contributed by atoms with Crippen LogP contribution in [0.15, 0.2) is 29.2 Å². The molecule has 2 saturated carbocycles. The number of likely N-dealkylation sites (N-methyl/N-ethyl adjacent to an activating group) is 1. The molecule has 1 aromatic rings. The standard InChI is InChI=1S/C23H34N2O2S2/c1-22(2,3)29(27)24-20(23-13-11-18(12-14-23)21(26)25(23)4)17-7-9-19(10-8-17)28-15-16-5-6-16/h7-10,16,18,20,24H,5-6,11-15H2,1-4H3. The Hall–Kier alpha value is -0.850. The Morgan fingerprint density at radius 2 is 1.79 bits per heavy atom. The van der Waals surface area contributed by atoms with Crippen LogP contribution in [0.1, 0.15) is 70.9 Å². The number of carbonyl (C=O) groups excluding carboxylic acids is 1. The molecule has 2 aliphatic carbocycles. The Morgan fingerprint density at radius 3 is 2.34 bits per heavy atom. The number of hydrogen-bond acceptors (Lipinski definition) is 3. The molecular weight excluding hydrogens is 400 g/mol. The number of piperidine rings is 2. The molecular formula is C23H34N2O2S2. The molecule has 1 N–H and O–H groups in total. The van der Waals surface area contributed by atoms with Crippen LogP contribution in [0.3, 0.4) is 0 Å². The van der Waals surface area contributed by atoms with Crippen LogP contribution in [0, 0.1) is 11.8 Å². The van der Waals surface area contributed by atoms with Crippen molar-refractivity contribution in [3.05, 3.63) is 29.8 Å². The maximum Gasteiger partial charge on any atom is 0.225 e. The highest BCUT2D eigenvalue weighted by Crippen LogP contribution is 2.50. The number of thioether (sulfide) groups is 1. The van der Waals surface area contributed by atoms with Gasteiger partial charge in [0, 0.05) is 23.6 Å². The van der Waals surface area contributed by atoms with Crippen molar-refractivity contribution in [2.24, 2.45) is 11.8 Å². The zero-order valence-electron chi connectivity index (χ0n) is 18.1. The minimum atomic E-state index is -1.21. The second-order valence-electron chi connectivity index (χ2n) is 10.0. The molecule has 5 rings (SSSR count). The molecule has 4 aliphatic rings. The van der Waals surface area contributed by atoms with Gasteiger partial charge in [0.15, 0.2) is 0 Å². The molecule has 0 aromatic heterocycles. The van der Waals surface area contributed by atoms with Crippen molar-refractivity contribution in [2.75, 3.05) is 12.8 Å². The summed E-state index contributed by atoms with van der Waals surface area (Å²) in [5, 5.41) is 0. The summed E-state index contributed by atoms with van der Waals surface area (Å²) in [7, 11) is 0.741. The van der Waals surface area contributed by atoms with Crippen LogP contribution >= 0.6 is 11.8 Å². The van der Waals surface area contributed by atoms with Gasteiger partial charge in [0.1, 0.15) is 0 Å². The third-order valence-corrected chi connectivity index (χ3v) is 9.72. The van der Waals surface area contributed by atoms with Gasteiger partial charge in [-0.25, -0.2) is 8.93 Å². The Kier molecular flexibility index (Phi) is 5.91. The number of amides is 1. The van der Waals surface area contributed by atoms with E-state index in [0.717, 1.165) is 37.2 Å². The lowest BCUT2D eigenvalue weighted by Gasteiger charge is -2.56. The van der Waals surface area contributed by atoms with Crippen molar-refractivity contribution in [2.45, 2.75) is 80.5 Å². The van der Waals surface area contributed by atoms with E-state index in [1.165, 1.54) is 23.5 Å². The quantitative estimate of drug-likeness (QED) is 0.634. The van der Waals surface area contributed by atoms with E-state index >= 15 is 0 Å². The van der Waals surface area contributed by atoms with Gasteiger partial charge >= 0.3 is 0 Å². The van der Waals surface area contributed by atoms with Gasteiger partial charge in [0.2, 0.25) is 5.91 Å². The average molecular weight is 435 g/mol. The molecule has 1 aromatic carbocycles. The van der Waals surface area contributed by atoms with Crippen LogP contribution in [0.2, 0.25) is 0 Å². The molecule has 0 spiro atoms. The van der Waals surface area contributed by atoms with Gasteiger partial charge in [-0.3, -0.25) is 4.79 Å². The van der Waals surface area contributed by atoms with Crippen LogP contribution in [-0.4, -0.2) is 38.1 Å². The first kappa shape index (κ1) is 21.4. The van der Waals surface area contributed by atoms with Gasteiger partial charge in [-0.1, -0.05) is 12.1 Å². The first-order valence-electron chi connectivity index (χ1n) is 10.9. The highest BCUT2D eigenvalue weighted by atomic mass is 32.2. The third-order valence-electron chi connectivity index (χ3n) is 6.91. The van der Waals surface area contributed by atoms with Crippen molar-refractivity contribution in [1.82, 2.24) is 9.62 Å². The SMILES string of the molecule is CN1C(=O)C2CCC1(C(NS(=O)C(C)(C)C)c1ccc(SCC3CC3)cc1)CC2. The molecule has 6 heteroatoms. The Morgan fingerprint density at radius 1 is 1.17 bits per heavy atom. The van der Waals surface area contributed by atoms with Crippen LogP contribution < -0.4 is 4.72 Å². The fraction of sp³-hybridized carbons (Fsp3) is 0.696. The molecule has 160 valence electrons. The average Bonchev–Trinajstić information content (AvgIpc) is 3.52. The maximum absolute atomic E-state index is 13.1. The van der Waals surface area contributed by atoms with E-state index in [1.54, 1.807) is 0 Å². The molecule has 2 bridgehead atoms. The number of rotatable bonds is 7. The van der Waals surface area contributed by atoms with Crippen LogP contribution in [0.5, 0.6) is 0 Å². The second-order valence-corrected chi connectivity index (χ2v) is 13.1. The molecule has 4 fully saturated rings. The van der Waals surface area contributed by atoms with E-state index in [1.807, 2.05) is 44.5 Å². The zero-order valence-corrected chi connectivity index (χ0v) is 19.7. The van der Waals surface area contributed by atoms with Crippen LogP contribution in [0.4, 0.5) is 0 Å². The Labute approximate surface area is 182 Å². The number of nitrogens with zero attached hydrogens (tertiary/aromatic N) is 1. The summed E-state index contributed by atoms with van der Waals surface area (Å²) in [5.41, 5.74) is 0.841. The summed E-state index contributed by atoms with van der Waals surface area (Å²) in [5.74, 6) is 2.54. The van der Waals surface area contributed by atoms with E-state index in [0.29, 0.717) is 0 Å². The topological polar surface area (TPSA) is 49.4 Å². The number of nitrogens with one attached hydrogen (secondary N) is 1. The summed E-state index contributed by atoms with van der Waals surface area (Å²) in [6.07, 6.45) is 6.57. The monoisotopic (exact) mass is 434 g/mol. The summed E-state index contributed by atoms with van der Waals surface area (Å²) < 4.78 is 16.2. The predicted molar refractivity (Wildman–Crippen MR) is 121 cm³/mol. The van der Waals surface area contributed by atoms with E-state index in [4.69, 9.17) is 0 Å². The number of hydrogen-bond donors (Lipinski definition) is 1. The first-order chi connectivity index (χ1) is 13.7. The van der Waals surface area contributed by atoms with E-state index in [2.05, 4.69) is 29.0 Å². The molecule has 2 aliphatic heterocycles. The smallest absolute Gasteiger partial charge is 0.225 e. The van der Waals surface area contributed by atoms with Gasteiger partial charge in [-0.15, -0.1) is 11.8 Å². The van der Waals surface area contributed by atoms with Crippen LogP contribution in [0.25, 0.3) is 0 Å². The Bertz CT molecular complexity index is 775. The summed E-state index contributed by atoms with van der Waals surface area (Å²) in [6.45, 7) is 5.99. The third kappa shape index (κ3) is 4.31. The number of carbonyl (C=O) groups is 1. The first-order valence-corrected chi connectivity index (χ1v) is 13.0. The molecule has 29 heavy (non-hydrogen) atoms. The highest BCUT2D eigenvalue weighted by Gasteiger charge is 2.54. The molecule has 2 saturated heterocycles. The minimum Gasteiger partial charge on any atom is -0.338 e. The zero-order chi connectivity index (χ0) is 20.8. The fourth-order valence-electron chi connectivity index (χ4n) is 4.70. The predicted octanol–water partition coefficient (Wildman–Crippen LogP) is 4.68. The van der Waals surface area contributed by atoms with Crippen molar-refractivity contribution >= 4 is 28.7 Å². The number of fused-ring (bicyclic) bond motifs is 3. The van der Waals surface area contributed by atoms with Crippen LogP contribution in [-0.2, 0) is 15.8 Å². The van der Waals surface area contributed by atoms with Gasteiger partial charge in [0.05, 0.1) is 27.3 Å². The van der Waals surface area contributed by atoms with Gasteiger partial charge in [-0.2, -0.15) is 0 Å². The lowest BCUT2D eigenvalue weighted by Crippen LogP contribution is -2.65. The lowest BCUT2D eigenvalue weighted by atomic mass is 9.65. The van der Waals surface area contributed by atoms with Crippen molar-refractivity contribution in [1.29, 1.82) is 0 Å². The molecule has 2 atom stereocenters. The number of benzene rings is 1. The molecule has 2 unspecified atom stereocenters. The maximum atomic E-state index is 13.1. The fourth-order valence-corrected chi connectivity index (χ4v) is 6.72. The van der Waals surface area contributed by atoms with Crippen molar-refractivity contribution in [3.63, 3.8) is 0 Å². The van der Waals surface area contributed by atoms with E-state index < -0.39 is 11.0 Å². The molecule has 0 radical (unpaired) electrons. The van der Waals surface area contributed by atoms with E-state index in [9.17, 15) is 9.00 Å². The van der Waals surface area contributed by atoms with Gasteiger partial charge in [-0.05, 0) is 82.9 Å². The summed E-state index contributed by atoms with van der Waals surface area (Å²) in [6, 6.07) is 8.63. The largest absolute Gasteiger partial charge is 0.338 e. The van der Waals surface area contributed by atoms with Crippen molar-refractivity contribution < 1.29 is 9.00 Å². The molecule has 4 nitrogen and oxygen atoms in total. The van der Waals surface area contributed by atoms with Gasteiger partial charge < -0.3 is 4.90 Å². The second kappa shape index (κ2) is 8.01.